The topological polar surface area (TPSA) is 73.0 Å². The van der Waals surface area contributed by atoms with Crippen LogP contribution >= 0.6 is 11.3 Å². The second-order valence-electron chi connectivity index (χ2n) is 6.86. The lowest BCUT2D eigenvalue weighted by atomic mass is 10.3. The summed E-state index contributed by atoms with van der Waals surface area (Å²) in [5.41, 5.74) is 0.0954. The van der Waals surface area contributed by atoms with Gasteiger partial charge in [-0.2, -0.15) is 5.10 Å². The number of aryl methyl sites for hydroxylation is 2. The minimum atomic E-state index is -2.67. The van der Waals surface area contributed by atoms with Crippen LogP contribution in [0.2, 0.25) is 0 Å². The van der Waals surface area contributed by atoms with Crippen LogP contribution in [0.25, 0.3) is 10.2 Å². The van der Waals surface area contributed by atoms with Crippen LogP contribution in [0.3, 0.4) is 0 Å². The third-order valence-electron chi connectivity index (χ3n) is 4.91. The molecule has 0 N–H and O–H groups in total. The minimum Gasteiger partial charge on any atom is -0.339 e. The van der Waals surface area contributed by atoms with Gasteiger partial charge in [0.05, 0.1) is 5.39 Å². The Balaban J connectivity index is 1.53. The Bertz CT molecular complexity index is 1120. The lowest BCUT2D eigenvalue weighted by Crippen LogP contribution is -2.37. The number of hydrogen-bond acceptors (Lipinski definition) is 5. The molecule has 0 unspecified atom stereocenters. The van der Waals surface area contributed by atoms with E-state index in [-0.39, 0.29) is 23.7 Å². The summed E-state index contributed by atoms with van der Waals surface area (Å²) in [6, 6.07) is 3.13. The van der Waals surface area contributed by atoms with Gasteiger partial charge in [-0.3, -0.25) is 18.8 Å². The van der Waals surface area contributed by atoms with E-state index in [9.17, 15) is 18.4 Å². The molecule has 4 rings (SSSR count). The first-order valence-corrected chi connectivity index (χ1v) is 9.75. The fourth-order valence-electron chi connectivity index (χ4n) is 3.45. The zero-order chi connectivity index (χ0) is 20.0. The predicted molar refractivity (Wildman–Crippen MR) is 101 cm³/mol. The van der Waals surface area contributed by atoms with Crippen molar-refractivity contribution in [3.05, 3.63) is 44.6 Å². The van der Waals surface area contributed by atoms with Crippen molar-refractivity contribution in [2.75, 3.05) is 13.1 Å². The van der Waals surface area contributed by atoms with E-state index < -0.39 is 6.43 Å². The molecule has 3 aromatic rings. The van der Waals surface area contributed by atoms with Crippen LogP contribution < -0.4 is 5.56 Å². The molecule has 0 bridgehead atoms. The number of aromatic nitrogens is 4. The molecule has 1 aliphatic heterocycles. The average molecular weight is 407 g/mol. The predicted octanol–water partition coefficient (Wildman–Crippen LogP) is 2.29. The first-order valence-electron chi connectivity index (χ1n) is 8.93. The van der Waals surface area contributed by atoms with Gasteiger partial charge in [-0.05, 0) is 26.0 Å². The number of carbonyl (C=O) groups excluding carboxylic acids is 1. The maximum Gasteiger partial charge on any atom is 0.282 e. The van der Waals surface area contributed by atoms with Crippen molar-refractivity contribution in [1.29, 1.82) is 0 Å². The van der Waals surface area contributed by atoms with Crippen molar-refractivity contribution < 1.29 is 13.6 Å². The summed E-state index contributed by atoms with van der Waals surface area (Å²) in [6.45, 7) is 4.62. The van der Waals surface area contributed by atoms with Gasteiger partial charge >= 0.3 is 0 Å². The van der Waals surface area contributed by atoms with E-state index in [2.05, 4.69) is 10.1 Å². The monoisotopic (exact) mass is 407 g/mol. The molecule has 10 heteroatoms. The number of nitrogens with zero attached hydrogens (tertiary/aromatic N) is 5. The highest BCUT2D eigenvalue weighted by Crippen LogP contribution is 2.22. The number of thiophene rings is 1. The summed E-state index contributed by atoms with van der Waals surface area (Å²) in [6.07, 6.45) is -2.20. The van der Waals surface area contributed by atoms with E-state index >= 15 is 0 Å². The third-order valence-corrected chi connectivity index (χ3v) is 5.86. The quantitative estimate of drug-likeness (QED) is 0.668. The summed E-state index contributed by atoms with van der Waals surface area (Å²) < 4.78 is 28.5. The second-order valence-corrected chi connectivity index (χ2v) is 8.10. The molecule has 0 saturated carbocycles. The molecule has 1 amide bonds. The van der Waals surface area contributed by atoms with Crippen molar-refractivity contribution in [2.45, 2.75) is 39.8 Å². The van der Waals surface area contributed by atoms with Gasteiger partial charge in [-0.25, -0.2) is 13.8 Å². The van der Waals surface area contributed by atoms with Gasteiger partial charge in [0.15, 0.2) is 0 Å². The highest BCUT2D eigenvalue weighted by molar-refractivity contribution is 7.18. The maximum absolute atomic E-state index is 12.8. The molecule has 28 heavy (non-hydrogen) atoms. The normalized spacial score (nSPS) is 14.5. The van der Waals surface area contributed by atoms with E-state index in [1.807, 2.05) is 13.0 Å². The number of fused-ring (bicyclic) bond motifs is 2. The summed E-state index contributed by atoms with van der Waals surface area (Å²) in [5.74, 6) is 0.454. The number of rotatable bonds is 3. The Kier molecular flexibility index (Phi) is 4.74. The highest BCUT2D eigenvalue weighted by atomic mass is 32.1. The second kappa shape index (κ2) is 7.08. The van der Waals surface area contributed by atoms with Crippen LogP contribution in [0.5, 0.6) is 0 Å². The van der Waals surface area contributed by atoms with Crippen LogP contribution in [-0.2, 0) is 24.3 Å². The molecule has 0 radical (unpaired) electrons. The third kappa shape index (κ3) is 3.32. The van der Waals surface area contributed by atoms with Gasteiger partial charge in [-0.15, -0.1) is 11.3 Å². The summed E-state index contributed by atoms with van der Waals surface area (Å²) in [7, 11) is 0. The zero-order valence-electron chi connectivity index (χ0n) is 15.5. The van der Waals surface area contributed by atoms with Crippen LogP contribution in [-0.4, -0.2) is 43.2 Å². The number of amides is 1. The first kappa shape index (κ1) is 18.7. The van der Waals surface area contributed by atoms with Gasteiger partial charge in [0.2, 0.25) is 5.91 Å². The molecule has 7 nitrogen and oxygen atoms in total. The van der Waals surface area contributed by atoms with Crippen molar-refractivity contribution in [2.24, 2.45) is 0 Å². The average Bonchev–Trinajstić information content (AvgIpc) is 3.11. The van der Waals surface area contributed by atoms with Crippen molar-refractivity contribution in [3.63, 3.8) is 0 Å². The standard InChI is InChI=1S/C18H19F2N5O2S/c1-10-7-13(16(19)20)22-25(10)9-15(26)23-4-3-14-21-17-12(8-11(2)28-17)18(27)24(14)6-5-23/h7-8,16H,3-6,9H2,1-2H3. The van der Waals surface area contributed by atoms with E-state index in [4.69, 9.17) is 0 Å². The summed E-state index contributed by atoms with van der Waals surface area (Å²) in [5, 5.41) is 4.42. The summed E-state index contributed by atoms with van der Waals surface area (Å²) in [4.78, 5) is 33.5. The van der Waals surface area contributed by atoms with Crippen molar-refractivity contribution in [1.82, 2.24) is 24.2 Å². The van der Waals surface area contributed by atoms with Gasteiger partial charge in [0, 0.05) is 36.6 Å². The van der Waals surface area contributed by atoms with Crippen LogP contribution in [0.4, 0.5) is 8.78 Å². The van der Waals surface area contributed by atoms with Crippen molar-refractivity contribution in [3.8, 4) is 0 Å². The molecule has 0 fully saturated rings. The SMILES string of the molecule is Cc1cc2c(=O)n3c(nc2s1)CCN(C(=O)Cn1nc(C(F)F)cc1C)CC3. The number of halogens is 2. The lowest BCUT2D eigenvalue weighted by molar-refractivity contribution is -0.132. The smallest absolute Gasteiger partial charge is 0.282 e. The van der Waals surface area contributed by atoms with Crippen LogP contribution in [0.15, 0.2) is 16.9 Å². The molecule has 4 heterocycles. The largest absolute Gasteiger partial charge is 0.339 e. The Morgan fingerprint density at radius 1 is 1.25 bits per heavy atom. The van der Waals surface area contributed by atoms with Gasteiger partial charge in [0.25, 0.3) is 12.0 Å². The van der Waals surface area contributed by atoms with Gasteiger partial charge < -0.3 is 4.90 Å². The molecule has 148 valence electrons. The molecule has 0 aromatic carbocycles. The molecule has 0 spiro atoms. The number of hydrogen-bond donors (Lipinski definition) is 0. The number of alkyl halides is 2. The van der Waals surface area contributed by atoms with E-state index in [1.54, 1.807) is 16.4 Å². The molecule has 0 saturated heterocycles. The first-order chi connectivity index (χ1) is 13.3. The van der Waals surface area contributed by atoms with E-state index in [0.29, 0.717) is 43.0 Å². The Morgan fingerprint density at radius 3 is 2.75 bits per heavy atom. The zero-order valence-corrected chi connectivity index (χ0v) is 16.3. The minimum absolute atomic E-state index is 0.0804. The lowest BCUT2D eigenvalue weighted by Gasteiger charge is -2.20. The van der Waals surface area contributed by atoms with E-state index in [0.717, 1.165) is 9.71 Å². The molecule has 1 aliphatic rings. The summed E-state index contributed by atoms with van der Waals surface area (Å²) >= 11 is 1.48. The van der Waals surface area contributed by atoms with Crippen LogP contribution in [0, 0.1) is 13.8 Å². The Hall–Kier alpha value is -2.62. The maximum atomic E-state index is 12.8. The Morgan fingerprint density at radius 2 is 2.04 bits per heavy atom. The van der Waals surface area contributed by atoms with Crippen LogP contribution in [0.1, 0.15) is 28.5 Å². The van der Waals surface area contributed by atoms with E-state index in [1.165, 1.54) is 22.1 Å². The fourth-order valence-corrected chi connectivity index (χ4v) is 4.34. The Labute approximate surface area is 163 Å². The molecular weight excluding hydrogens is 388 g/mol. The fraction of sp³-hybridized carbons (Fsp3) is 0.444. The van der Waals surface area contributed by atoms with Gasteiger partial charge in [-0.1, -0.05) is 0 Å². The highest BCUT2D eigenvalue weighted by Gasteiger charge is 2.23. The van der Waals surface area contributed by atoms with Crippen molar-refractivity contribution >= 4 is 27.5 Å². The molecular formula is C18H19F2N5O2S. The molecule has 3 aromatic heterocycles. The van der Waals surface area contributed by atoms with Gasteiger partial charge in [0.1, 0.15) is 22.9 Å². The molecule has 0 aliphatic carbocycles. The number of carbonyl (C=O) groups is 1. The molecule has 0 atom stereocenters.